The lowest BCUT2D eigenvalue weighted by Gasteiger charge is -2.11. The minimum atomic E-state index is -4.46. The van der Waals surface area contributed by atoms with Crippen molar-refractivity contribution in [2.45, 2.75) is 13.1 Å². The van der Waals surface area contributed by atoms with Gasteiger partial charge in [-0.3, -0.25) is 9.59 Å². The van der Waals surface area contributed by atoms with E-state index in [1.807, 2.05) is 6.07 Å². The molecule has 2 heterocycles. The van der Waals surface area contributed by atoms with Gasteiger partial charge in [-0.05, 0) is 35.4 Å². The molecule has 0 spiro atoms. The van der Waals surface area contributed by atoms with E-state index in [-0.39, 0.29) is 17.4 Å². The topological polar surface area (TPSA) is 81.2 Å². The number of aromatic nitrogens is 2. The van der Waals surface area contributed by atoms with E-state index in [9.17, 15) is 22.8 Å². The summed E-state index contributed by atoms with van der Waals surface area (Å²) in [7, 11) is 0. The van der Waals surface area contributed by atoms with Gasteiger partial charge in [-0.2, -0.15) is 13.2 Å². The highest BCUT2D eigenvalue weighted by Crippen LogP contribution is 2.36. The number of pyridine rings is 1. The van der Waals surface area contributed by atoms with Crippen molar-refractivity contribution in [3.8, 4) is 22.8 Å². The van der Waals surface area contributed by atoms with E-state index in [0.29, 0.717) is 33.8 Å². The van der Waals surface area contributed by atoms with Gasteiger partial charge in [-0.15, -0.1) is 0 Å². The smallest absolute Gasteiger partial charge is 0.416 e. The first kappa shape index (κ1) is 21.4. The first-order valence-electron chi connectivity index (χ1n) is 9.22. The Bertz CT molecular complexity index is 1320. The van der Waals surface area contributed by atoms with E-state index in [1.165, 1.54) is 42.7 Å². The fourth-order valence-electron chi connectivity index (χ4n) is 3.01. The Morgan fingerprint density at radius 3 is 2.56 bits per heavy atom. The van der Waals surface area contributed by atoms with Gasteiger partial charge in [0.25, 0.3) is 0 Å². The first-order chi connectivity index (χ1) is 15.2. The summed E-state index contributed by atoms with van der Waals surface area (Å²) in [5.41, 5.74) is 0.718. The van der Waals surface area contributed by atoms with Crippen molar-refractivity contribution in [1.82, 2.24) is 9.97 Å². The van der Waals surface area contributed by atoms with Gasteiger partial charge in [0.1, 0.15) is 5.52 Å². The van der Waals surface area contributed by atoms with Crippen LogP contribution >= 0.6 is 11.3 Å². The Morgan fingerprint density at radius 2 is 1.91 bits per heavy atom. The molecule has 10 heteroatoms. The molecule has 0 radical (unpaired) electrons. The highest BCUT2D eigenvalue weighted by atomic mass is 32.1. The van der Waals surface area contributed by atoms with Crippen LogP contribution in [0.25, 0.3) is 21.3 Å². The van der Waals surface area contributed by atoms with Gasteiger partial charge in [0, 0.05) is 24.8 Å². The van der Waals surface area contributed by atoms with Crippen LogP contribution in [-0.4, -0.2) is 22.2 Å². The molecule has 1 amide bonds. The third kappa shape index (κ3) is 4.45. The highest BCUT2D eigenvalue weighted by Gasteiger charge is 2.30. The summed E-state index contributed by atoms with van der Waals surface area (Å²) in [6, 6.07) is 11.2. The van der Waals surface area contributed by atoms with Crippen LogP contribution in [0.2, 0.25) is 0 Å². The predicted octanol–water partition coefficient (Wildman–Crippen LogP) is 5.94. The summed E-state index contributed by atoms with van der Waals surface area (Å²) in [6.07, 6.45) is -2.59. The molecule has 2 aromatic carbocycles. The third-order valence-corrected chi connectivity index (χ3v) is 5.38. The number of nitrogens with zero attached hydrogens (tertiary/aromatic N) is 2. The standard InChI is InChI=1S/C22H14F3N3O3S/c1-12(30)27-21-28-20-17(3-2-4-18(20)32-21)31-19-9-16(14(11-29)10-26-19)13-5-7-15(8-6-13)22(23,24)25/h2-11H,1H3,(H,27,28,30). The second-order valence-corrected chi connectivity index (χ2v) is 7.74. The van der Waals surface area contributed by atoms with E-state index < -0.39 is 11.7 Å². The number of thiazole rings is 1. The van der Waals surface area contributed by atoms with E-state index in [4.69, 9.17) is 4.74 Å². The zero-order valence-corrected chi connectivity index (χ0v) is 17.3. The minimum Gasteiger partial charge on any atom is -0.437 e. The number of nitrogens with one attached hydrogen (secondary N) is 1. The monoisotopic (exact) mass is 457 g/mol. The lowest BCUT2D eigenvalue weighted by atomic mass is 10.0. The Morgan fingerprint density at radius 1 is 1.16 bits per heavy atom. The summed E-state index contributed by atoms with van der Waals surface area (Å²) in [5.74, 6) is 0.256. The summed E-state index contributed by atoms with van der Waals surface area (Å²) >= 11 is 1.28. The molecule has 0 fully saturated rings. The van der Waals surface area contributed by atoms with Crippen LogP contribution in [0, 0.1) is 0 Å². The molecule has 0 saturated carbocycles. The number of ether oxygens (including phenoxy) is 1. The number of halogens is 3. The normalized spacial score (nSPS) is 11.4. The number of carbonyl (C=O) groups excluding carboxylic acids is 2. The van der Waals surface area contributed by atoms with Crippen LogP contribution in [0.3, 0.4) is 0 Å². The number of hydrogen-bond acceptors (Lipinski definition) is 6. The van der Waals surface area contributed by atoms with Gasteiger partial charge < -0.3 is 10.1 Å². The Balaban J connectivity index is 1.69. The second kappa shape index (κ2) is 8.39. The van der Waals surface area contributed by atoms with Gasteiger partial charge >= 0.3 is 6.18 Å². The average Bonchev–Trinajstić information content (AvgIpc) is 3.16. The van der Waals surface area contributed by atoms with Crippen molar-refractivity contribution in [3.05, 3.63) is 65.9 Å². The molecule has 0 atom stereocenters. The quantitative estimate of drug-likeness (QED) is 0.375. The Hall–Kier alpha value is -3.79. The van der Waals surface area contributed by atoms with Crippen molar-refractivity contribution in [2.75, 3.05) is 5.32 Å². The molecule has 1 N–H and O–H groups in total. The first-order valence-corrected chi connectivity index (χ1v) is 10.0. The predicted molar refractivity (Wildman–Crippen MR) is 114 cm³/mol. The summed E-state index contributed by atoms with van der Waals surface area (Å²) in [6.45, 7) is 1.38. The maximum atomic E-state index is 12.9. The number of fused-ring (bicyclic) bond motifs is 1. The summed E-state index contributed by atoms with van der Waals surface area (Å²) in [5, 5.41) is 3.04. The van der Waals surface area contributed by atoms with Crippen molar-refractivity contribution in [2.24, 2.45) is 0 Å². The lowest BCUT2D eigenvalue weighted by Crippen LogP contribution is -2.04. The van der Waals surface area contributed by atoms with Crippen molar-refractivity contribution in [1.29, 1.82) is 0 Å². The second-order valence-electron chi connectivity index (χ2n) is 6.71. The number of alkyl halides is 3. The van der Waals surface area contributed by atoms with E-state index in [1.54, 1.807) is 12.1 Å². The van der Waals surface area contributed by atoms with Crippen LogP contribution in [-0.2, 0) is 11.0 Å². The zero-order chi connectivity index (χ0) is 22.9. The minimum absolute atomic E-state index is 0.132. The third-order valence-electron chi connectivity index (χ3n) is 4.44. The molecule has 4 rings (SSSR count). The molecular weight excluding hydrogens is 443 g/mol. The van der Waals surface area contributed by atoms with Crippen LogP contribution in [0.4, 0.5) is 18.3 Å². The number of benzene rings is 2. The molecule has 2 aromatic heterocycles. The fraction of sp³-hybridized carbons (Fsp3) is 0.0909. The fourth-order valence-corrected chi connectivity index (χ4v) is 3.94. The molecule has 162 valence electrons. The molecule has 0 saturated heterocycles. The average molecular weight is 457 g/mol. The molecular formula is C22H14F3N3O3S. The van der Waals surface area contributed by atoms with Crippen molar-refractivity contribution < 1.29 is 27.5 Å². The van der Waals surface area contributed by atoms with Gasteiger partial charge in [0.2, 0.25) is 11.8 Å². The summed E-state index contributed by atoms with van der Waals surface area (Å²) < 4.78 is 45.2. The van der Waals surface area contributed by atoms with Gasteiger partial charge in [0.05, 0.1) is 10.3 Å². The molecule has 0 unspecified atom stereocenters. The summed E-state index contributed by atoms with van der Waals surface area (Å²) in [4.78, 5) is 31.2. The number of hydrogen-bond donors (Lipinski definition) is 1. The van der Waals surface area contributed by atoms with Crippen LogP contribution in [0.5, 0.6) is 11.6 Å². The molecule has 0 aliphatic rings. The van der Waals surface area contributed by atoms with Gasteiger partial charge in [-0.1, -0.05) is 29.5 Å². The maximum Gasteiger partial charge on any atom is 0.416 e. The van der Waals surface area contributed by atoms with Crippen molar-refractivity contribution in [3.63, 3.8) is 0 Å². The van der Waals surface area contributed by atoms with E-state index in [2.05, 4.69) is 15.3 Å². The molecule has 4 aromatic rings. The lowest BCUT2D eigenvalue weighted by molar-refractivity contribution is -0.137. The van der Waals surface area contributed by atoms with Crippen LogP contribution < -0.4 is 10.1 Å². The molecule has 0 bridgehead atoms. The number of anilines is 1. The van der Waals surface area contributed by atoms with Crippen LogP contribution in [0.15, 0.2) is 54.7 Å². The zero-order valence-electron chi connectivity index (χ0n) is 16.4. The largest absolute Gasteiger partial charge is 0.437 e. The maximum absolute atomic E-state index is 12.9. The van der Waals surface area contributed by atoms with E-state index in [0.717, 1.165) is 16.8 Å². The molecule has 6 nitrogen and oxygen atoms in total. The van der Waals surface area contributed by atoms with E-state index >= 15 is 0 Å². The van der Waals surface area contributed by atoms with Gasteiger partial charge in [-0.25, -0.2) is 9.97 Å². The number of carbonyl (C=O) groups is 2. The number of amides is 1. The number of para-hydroxylation sites is 1. The number of rotatable bonds is 5. The SMILES string of the molecule is CC(=O)Nc1nc2c(Oc3cc(-c4ccc(C(F)(F)F)cc4)c(C=O)cn3)cccc2s1. The number of aldehydes is 1. The van der Waals surface area contributed by atoms with Crippen molar-refractivity contribution >= 4 is 38.9 Å². The van der Waals surface area contributed by atoms with Gasteiger partial charge in [0.15, 0.2) is 17.2 Å². The molecule has 0 aliphatic carbocycles. The molecule has 32 heavy (non-hydrogen) atoms. The molecule has 0 aliphatic heterocycles. The van der Waals surface area contributed by atoms with Crippen LogP contribution in [0.1, 0.15) is 22.8 Å². The highest BCUT2D eigenvalue weighted by molar-refractivity contribution is 7.22. The Kier molecular flexibility index (Phi) is 5.62. The Labute approximate surface area is 183 Å².